The van der Waals surface area contributed by atoms with Crippen molar-refractivity contribution >= 4 is 16.9 Å². The third-order valence-electron chi connectivity index (χ3n) is 3.19. The minimum absolute atomic E-state index is 0.0717. The van der Waals surface area contributed by atoms with Crippen LogP contribution in [0.25, 0.3) is 11.0 Å². The van der Waals surface area contributed by atoms with E-state index in [2.05, 4.69) is 9.97 Å². The number of carbonyl (C=O) groups is 1. The lowest BCUT2D eigenvalue weighted by atomic mass is 9.97. The smallest absolute Gasteiger partial charge is 0.218 e. The van der Waals surface area contributed by atoms with Gasteiger partial charge in [-0.2, -0.15) is 0 Å². The second-order valence-electron chi connectivity index (χ2n) is 4.44. The molecule has 1 atom stereocenters. The molecule has 0 bridgehead atoms. The molecule has 0 saturated carbocycles. The molecule has 2 aromatic rings. The van der Waals surface area contributed by atoms with E-state index >= 15 is 0 Å². The van der Waals surface area contributed by atoms with Gasteiger partial charge in [-0.25, -0.2) is 4.98 Å². The van der Waals surface area contributed by atoms with E-state index in [1.807, 2.05) is 6.07 Å². The molecule has 0 aliphatic carbocycles. The van der Waals surface area contributed by atoms with Crippen molar-refractivity contribution in [1.29, 1.82) is 0 Å². The van der Waals surface area contributed by atoms with Crippen LogP contribution in [0.2, 0.25) is 0 Å². The van der Waals surface area contributed by atoms with Gasteiger partial charge in [0.2, 0.25) is 11.8 Å². The van der Waals surface area contributed by atoms with Crippen LogP contribution in [0.4, 0.5) is 0 Å². The Morgan fingerprint density at radius 1 is 1.58 bits per heavy atom. The van der Waals surface area contributed by atoms with Crippen LogP contribution in [0, 0.1) is 0 Å². The second kappa shape index (κ2) is 4.38. The Morgan fingerprint density at radius 3 is 3.16 bits per heavy atom. The molecule has 19 heavy (non-hydrogen) atoms. The standard InChI is InChI=1S/C13H13N3O3/c1-18-11-3-2-8-13(16-11)12-7(4-10(14)17)6-19-9(12)5-15-8/h2-3,5,7H,4,6H2,1H3,(H2,14,17)/t7-/m1/s1. The lowest BCUT2D eigenvalue weighted by Crippen LogP contribution is -2.16. The molecule has 6 nitrogen and oxygen atoms in total. The van der Waals surface area contributed by atoms with E-state index in [4.69, 9.17) is 15.2 Å². The Labute approximate surface area is 109 Å². The van der Waals surface area contributed by atoms with Crippen molar-refractivity contribution in [2.75, 3.05) is 13.7 Å². The van der Waals surface area contributed by atoms with Crippen LogP contribution in [0.1, 0.15) is 17.9 Å². The molecule has 0 spiro atoms. The van der Waals surface area contributed by atoms with Crippen LogP contribution >= 0.6 is 0 Å². The molecule has 3 heterocycles. The maximum Gasteiger partial charge on any atom is 0.218 e. The van der Waals surface area contributed by atoms with Gasteiger partial charge in [-0.1, -0.05) is 0 Å². The number of nitrogens with two attached hydrogens (primary N) is 1. The van der Waals surface area contributed by atoms with Crippen molar-refractivity contribution in [2.45, 2.75) is 12.3 Å². The zero-order chi connectivity index (χ0) is 13.4. The van der Waals surface area contributed by atoms with E-state index in [9.17, 15) is 4.79 Å². The van der Waals surface area contributed by atoms with Crippen molar-refractivity contribution in [3.8, 4) is 11.6 Å². The van der Waals surface area contributed by atoms with Gasteiger partial charge in [-0.15, -0.1) is 0 Å². The number of hydrogen-bond donors (Lipinski definition) is 1. The molecule has 98 valence electrons. The fourth-order valence-electron chi connectivity index (χ4n) is 2.35. The molecule has 0 unspecified atom stereocenters. The van der Waals surface area contributed by atoms with Crippen LogP contribution in [0.15, 0.2) is 18.3 Å². The van der Waals surface area contributed by atoms with Crippen molar-refractivity contribution < 1.29 is 14.3 Å². The normalized spacial score (nSPS) is 17.0. The summed E-state index contributed by atoms with van der Waals surface area (Å²) in [5.74, 6) is 0.749. The summed E-state index contributed by atoms with van der Waals surface area (Å²) < 4.78 is 10.7. The van der Waals surface area contributed by atoms with Gasteiger partial charge >= 0.3 is 0 Å². The summed E-state index contributed by atoms with van der Waals surface area (Å²) >= 11 is 0. The first kappa shape index (κ1) is 11.7. The van der Waals surface area contributed by atoms with Crippen molar-refractivity contribution in [3.63, 3.8) is 0 Å². The lowest BCUT2D eigenvalue weighted by molar-refractivity contribution is -0.118. The van der Waals surface area contributed by atoms with Gasteiger partial charge < -0.3 is 15.2 Å². The van der Waals surface area contributed by atoms with Gasteiger partial charge in [0, 0.05) is 24.0 Å². The molecule has 2 N–H and O–H groups in total. The fourth-order valence-corrected chi connectivity index (χ4v) is 2.35. The Morgan fingerprint density at radius 2 is 2.42 bits per heavy atom. The Hall–Kier alpha value is -2.37. The van der Waals surface area contributed by atoms with Gasteiger partial charge in [-0.3, -0.25) is 9.78 Å². The SMILES string of the molecule is COc1ccc2ncc3c(c2n1)[C@H](CC(N)=O)CO3. The maximum atomic E-state index is 11.1. The average molecular weight is 259 g/mol. The summed E-state index contributed by atoms with van der Waals surface area (Å²) in [6.45, 7) is 0.429. The van der Waals surface area contributed by atoms with E-state index in [0.717, 1.165) is 11.1 Å². The van der Waals surface area contributed by atoms with E-state index in [1.165, 1.54) is 0 Å². The zero-order valence-corrected chi connectivity index (χ0v) is 10.4. The monoisotopic (exact) mass is 259 g/mol. The quantitative estimate of drug-likeness (QED) is 0.888. The Kier molecular flexibility index (Phi) is 2.70. The summed E-state index contributed by atoms with van der Waals surface area (Å²) in [7, 11) is 1.56. The molecule has 0 aromatic carbocycles. The van der Waals surface area contributed by atoms with E-state index in [0.29, 0.717) is 23.8 Å². The minimum atomic E-state index is -0.352. The lowest BCUT2D eigenvalue weighted by Gasteiger charge is -2.09. The number of rotatable bonds is 3. The molecule has 2 aromatic heterocycles. The Balaban J connectivity index is 2.17. The third kappa shape index (κ3) is 1.95. The van der Waals surface area contributed by atoms with Crippen molar-refractivity contribution in [3.05, 3.63) is 23.9 Å². The highest BCUT2D eigenvalue weighted by atomic mass is 16.5. The van der Waals surface area contributed by atoms with E-state index in [1.54, 1.807) is 19.4 Å². The molecule has 1 aliphatic heterocycles. The van der Waals surface area contributed by atoms with Crippen molar-refractivity contribution in [2.24, 2.45) is 5.73 Å². The van der Waals surface area contributed by atoms with Crippen molar-refractivity contribution in [1.82, 2.24) is 9.97 Å². The molecule has 1 amide bonds. The summed E-state index contributed by atoms with van der Waals surface area (Å²) in [4.78, 5) is 19.8. The van der Waals surface area contributed by atoms with Crippen LogP contribution in [0.3, 0.4) is 0 Å². The summed E-state index contributed by atoms with van der Waals surface area (Å²) in [5, 5.41) is 0. The topological polar surface area (TPSA) is 87.3 Å². The molecule has 1 aliphatic rings. The zero-order valence-electron chi connectivity index (χ0n) is 10.4. The number of amides is 1. The number of methoxy groups -OCH3 is 1. The number of fused-ring (bicyclic) bond motifs is 3. The summed E-state index contributed by atoms with van der Waals surface area (Å²) in [6.07, 6.45) is 1.90. The van der Waals surface area contributed by atoms with Crippen LogP contribution < -0.4 is 15.2 Å². The predicted molar refractivity (Wildman–Crippen MR) is 68.1 cm³/mol. The molecule has 0 fully saturated rings. The second-order valence-corrected chi connectivity index (χ2v) is 4.44. The highest BCUT2D eigenvalue weighted by Gasteiger charge is 2.29. The molecule has 3 rings (SSSR count). The first-order chi connectivity index (χ1) is 9.19. The van der Waals surface area contributed by atoms with Crippen LogP contribution in [-0.2, 0) is 4.79 Å². The first-order valence-corrected chi connectivity index (χ1v) is 5.94. The van der Waals surface area contributed by atoms with Gasteiger partial charge in [0.1, 0.15) is 11.3 Å². The number of ether oxygens (including phenoxy) is 2. The van der Waals surface area contributed by atoms with E-state index in [-0.39, 0.29) is 18.2 Å². The number of nitrogens with zero attached hydrogens (tertiary/aromatic N) is 2. The average Bonchev–Trinajstić information content (AvgIpc) is 2.81. The van der Waals surface area contributed by atoms with Gasteiger partial charge in [-0.05, 0) is 6.07 Å². The molecular weight excluding hydrogens is 246 g/mol. The predicted octanol–water partition coefficient (Wildman–Crippen LogP) is 0.990. The molecule has 0 saturated heterocycles. The van der Waals surface area contributed by atoms with Gasteiger partial charge in [0.25, 0.3) is 0 Å². The number of aromatic nitrogens is 2. The van der Waals surface area contributed by atoms with E-state index < -0.39 is 0 Å². The summed E-state index contributed by atoms with van der Waals surface area (Å²) in [5.41, 5.74) is 7.62. The third-order valence-corrected chi connectivity index (χ3v) is 3.19. The fraction of sp³-hybridized carbons (Fsp3) is 0.308. The van der Waals surface area contributed by atoms with Gasteiger partial charge in [0.05, 0.1) is 25.4 Å². The number of pyridine rings is 2. The maximum absolute atomic E-state index is 11.1. The number of primary amides is 1. The van der Waals surface area contributed by atoms with Gasteiger partial charge in [0.15, 0.2) is 0 Å². The summed E-state index contributed by atoms with van der Waals surface area (Å²) in [6, 6.07) is 3.59. The van der Waals surface area contributed by atoms with Crippen LogP contribution in [0.5, 0.6) is 11.6 Å². The number of hydrogen-bond acceptors (Lipinski definition) is 5. The minimum Gasteiger partial charge on any atom is -0.491 e. The highest BCUT2D eigenvalue weighted by molar-refractivity contribution is 5.83. The first-order valence-electron chi connectivity index (χ1n) is 5.94. The largest absolute Gasteiger partial charge is 0.491 e. The van der Waals surface area contributed by atoms with Crippen LogP contribution in [-0.4, -0.2) is 29.6 Å². The molecule has 6 heteroatoms. The highest BCUT2D eigenvalue weighted by Crippen LogP contribution is 2.39. The molecular formula is C13H13N3O3. The Bertz CT molecular complexity index is 657. The number of carbonyl (C=O) groups excluding carboxylic acids is 1. The molecule has 0 radical (unpaired) electrons.